The molecule has 0 aliphatic heterocycles. The SMILES string of the molecule is CCOC(=O)/C=C/c1ccncc1-c1ccc(OC)c(OC)c1. The average molecular weight is 313 g/mol. The molecule has 0 spiro atoms. The van der Waals surface area contributed by atoms with Gasteiger partial charge in [0, 0.05) is 24.0 Å². The van der Waals surface area contributed by atoms with Crippen molar-refractivity contribution in [1.29, 1.82) is 0 Å². The molecule has 0 saturated carbocycles. The number of hydrogen-bond donors (Lipinski definition) is 0. The van der Waals surface area contributed by atoms with Gasteiger partial charge < -0.3 is 14.2 Å². The first-order valence-corrected chi connectivity index (χ1v) is 7.20. The first-order valence-electron chi connectivity index (χ1n) is 7.20. The standard InChI is InChI=1S/C18H19NO4/c1-4-23-18(20)8-6-13-9-10-19-12-15(13)14-5-7-16(21-2)17(11-14)22-3/h5-12H,4H2,1-3H3/b8-6+. The fourth-order valence-corrected chi connectivity index (χ4v) is 2.14. The third-order valence-corrected chi connectivity index (χ3v) is 3.23. The highest BCUT2D eigenvalue weighted by molar-refractivity contribution is 5.89. The topological polar surface area (TPSA) is 57.7 Å². The monoisotopic (exact) mass is 313 g/mol. The van der Waals surface area contributed by atoms with Crippen LogP contribution in [0.1, 0.15) is 12.5 Å². The summed E-state index contributed by atoms with van der Waals surface area (Å²) < 4.78 is 15.5. The number of pyridine rings is 1. The number of rotatable bonds is 6. The van der Waals surface area contributed by atoms with Gasteiger partial charge in [0.25, 0.3) is 0 Å². The minimum Gasteiger partial charge on any atom is -0.493 e. The van der Waals surface area contributed by atoms with Gasteiger partial charge in [-0.1, -0.05) is 6.07 Å². The first-order chi connectivity index (χ1) is 11.2. The molecule has 5 nitrogen and oxygen atoms in total. The second-order valence-electron chi connectivity index (χ2n) is 4.62. The van der Waals surface area contributed by atoms with Crippen molar-refractivity contribution in [3.05, 3.63) is 48.3 Å². The summed E-state index contributed by atoms with van der Waals surface area (Å²) in [7, 11) is 3.18. The Morgan fingerprint density at radius 3 is 2.65 bits per heavy atom. The summed E-state index contributed by atoms with van der Waals surface area (Å²) in [4.78, 5) is 15.6. The summed E-state index contributed by atoms with van der Waals surface area (Å²) in [6.07, 6.45) is 6.54. The van der Waals surface area contributed by atoms with Crippen molar-refractivity contribution in [3.63, 3.8) is 0 Å². The summed E-state index contributed by atoms with van der Waals surface area (Å²) in [6, 6.07) is 7.46. The van der Waals surface area contributed by atoms with E-state index in [0.29, 0.717) is 18.1 Å². The number of carbonyl (C=O) groups excluding carboxylic acids is 1. The van der Waals surface area contributed by atoms with E-state index in [1.165, 1.54) is 6.08 Å². The molecule has 0 bridgehead atoms. The van der Waals surface area contributed by atoms with Crippen LogP contribution in [0.25, 0.3) is 17.2 Å². The minimum atomic E-state index is -0.373. The number of methoxy groups -OCH3 is 2. The Kier molecular flexibility index (Phi) is 5.74. The van der Waals surface area contributed by atoms with Gasteiger partial charge in [-0.05, 0) is 42.3 Å². The number of hydrogen-bond acceptors (Lipinski definition) is 5. The summed E-state index contributed by atoms with van der Waals surface area (Å²) in [5.74, 6) is 0.917. The number of aromatic nitrogens is 1. The largest absolute Gasteiger partial charge is 0.493 e. The summed E-state index contributed by atoms with van der Waals surface area (Å²) in [5, 5.41) is 0. The maximum absolute atomic E-state index is 11.5. The van der Waals surface area contributed by atoms with E-state index in [-0.39, 0.29) is 5.97 Å². The Morgan fingerprint density at radius 2 is 1.96 bits per heavy atom. The van der Waals surface area contributed by atoms with Gasteiger partial charge in [-0.25, -0.2) is 4.79 Å². The third-order valence-electron chi connectivity index (χ3n) is 3.23. The first kappa shape index (κ1) is 16.5. The fraction of sp³-hybridized carbons (Fsp3) is 0.222. The van der Waals surface area contributed by atoms with E-state index in [1.54, 1.807) is 39.6 Å². The zero-order chi connectivity index (χ0) is 16.7. The molecule has 0 unspecified atom stereocenters. The number of benzene rings is 1. The van der Waals surface area contributed by atoms with Crippen LogP contribution in [0, 0.1) is 0 Å². The summed E-state index contributed by atoms with van der Waals surface area (Å²) in [5.41, 5.74) is 2.66. The van der Waals surface area contributed by atoms with Crippen LogP contribution in [0.5, 0.6) is 11.5 Å². The lowest BCUT2D eigenvalue weighted by atomic mass is 10.0. The number of carbonyl (C=O) groups is 1. The van der Waals surface area contributed by atoms with E-state index < -0.39 is 0 Å². The fourth-order valence-electron chi connectivity index (χ4n) is 2.14. The van der Waals surface area contributed by atoms with E-state index in [2.05, 4.69) is 4.98 Å². The molecule has 23 heavy (non-hydrogen) atoms. The van der Waals surface area contributed by atoms with Crippen LogP contribution in [0.2, 0.25) is 0 Å². The van der Waals surface area contributed by atoms with Crippen molar-refractivity contribution in [1.82, 2.24) is 4.98 Å². The molecular formula is C18H19NO4. The van der Waals surface area contributed by atoms with Crippen molar-refractivity contribution >= 4 is 12.0 Å². The quantitative estimate of drug-likeness (QED) is 0.604. The van der Waals surface area contributed by atoms with Crippen molar-refractivity contribution in [2.24, 2.45) is 0 Å². The minimum absolute atomic E-state index is 0.349. The smallest absolute Gasteiger partial charge is 0.330 e. The molecule has 2 rings (SSSR count). The number of nitrogens with zero attached hydrogens (tertiary/aromatic N) is 1. The van der Waals surface area contributed by atoms with Crippen molar-refractivity contribution in [2.75, 3.05) is 20.8 Å². The molecule has 0 atom stereocenters. The summed E-state index contributed by atoms with van der Waals surface area (Å²) in [6.45, 7) is 2.12. The van der Waals surface area contributed by atoms with Crippen LogP contribution < -0.4 is 9.47 Å². The van der Waals surface area contributed by atoms with Crippen LogP contribution in [0.4, 0.5) is 0 Å². The Hall–Kier alpha value is -2.82. The van der Waals surface area contributed by atoms with Gasteiger partial charge in [0.05, 0.1) is 20.8 Å². The van der Waals surface area contributed by atoms with Gasteiger partial charge >= 0.3 is 5.97 Å². The molecule has 120 valence electrons. The van der Waals surface area contributed by atoms with E-state index in [4.69, 9.17) is 14.2 Å². The molecule has 5 heteroatoms. The van der Waals surface area contributed by atoms with Crippen LogP contribution in [0.15, 0.2) is 42.7 Å². The van der Waals surface area contributed by atoms with Crippen molar-refractivity contribution < 1.29 is 19.0 Å². The van der Waals surface area contributed by atoms with Gasteiger partial charge in [-0.2, -0.15) is 0 Å². The average Bonchev–Trinajstić information content (AvgIpc) is 2.60. The van der Waals surface area contributed by atoms with Gasteiger partial charge in [-0.15, -0.1) is 0 Å². The molecule has 1 heterocycles. The van der Waals surface area contributed by atoms with Gasteiger partial charge in [0.15, 0.2) is 11.5 Å². The highest BCUT2D eigenvalue weighted by Crippen LogP contribution is 2.33. The van der Waals surface area contributed by atoms with E-state index in [1.807, 2.05) is 24.3 Å². The predicted molar refractivity (Wildman–Crippen MR) is 88.4 cm³/mol. The molecule has 0 aliphatic carbocycles. The summed E-state index contributed by atoms with van der Waals surface area (Å²) >= 11 is 0. The predicted octanol–water partition coefficient (Wildman–Crippen LogP) is 3.34. The number of esters is 1. The molecule has 1 aromatic heterocycles. The van der Waals surface area contributed by atoms with Crippen LogP contribution in [0.3, 0.4) is 0 Å². The van der Waals surface area contributed by atoms with E-state index in [9.17, 15) is 4.79 Å². The molecule has 1 aromatic carbocycles. The Morgan fingerprint density at radius 1 is 1.17 bits per heavy atom. The lowest BCUT2D eigenvalue weighted by molar-refractivity contribution is -0.137. The molecule has 0 radical (unpaired) electrons. The molecular weight excluding hydrogens is 294 g/mol. The highest BCUT2D eigenvalue weighted by atomic mass is 16.5. The zero-order valence-electron chi connectivity index (χ0n) is 13.4. The number of ether oxygens (including phenoxy) is 3. The zero-order valence-corrected chi connectivity index (χ0v) is 13.4. The van der Waals surface area contributed by atoms with Gasteiger partial charge in [0.2, 0.25) is 0 Å². The van der Waals surface area contributed by atoms with Gasteiger partial charge in [-0.3, -0.25) is 4.98 Å². The van der Waals surface area contributed by atoms with Crippen molar-refractivity contribution in [3.8, 4) is 22.6 Å². The van der Waals surface area contributed by atoms with E-state index >= 15 is 0 Å². The Balaban J connectivity index is 2.39. The second kappa shape index (κ2) is 7.98. The molecule has 0 saturated heterocycles. The Bertz CT molecular complexity index is 710. The second-order valence-corrected chi connectivity index (χ2v) is 4.62. The highest BCUT2D eigenvalue weighted by Gasteiger charge is 2.09. The molecule has 0 N–H and O–H groups in total. The maximum atomic E-state index is 11.5. The lowest BCUT2D eigenvalue weighted by Gasteiger charge is -2.11. The normalized spacial score (nSPS) is 10.6. The van der Waals surface area contributed by atoms with Crippen molar-refractivity contribution in [2.45, 2.75) is 6.92 Å². The van der Waals surface area contributed by atoms with Crippen LogP contribution in [-0.2, 0) is 9.53 Å². The Labute approximate surface area is 135 Å². The van der Waals surface area contributed by atoms with Crippen LogP contribution >= 0.6 is 0 Å². The molecule has 2 aromatic rings. The van der Waals surface area contributed by atoms with Crippen LogP contribution in [-0.4, -0.2) is 31.8 Å². The molecule has 0 aliphatic rings. The van der Waals surface area contributed by atoms with E-state index in [0.717, 1.165) is 16.7 Å². The van der Waals surface area contributed by atoms with Gasteiger partial charge in [0.1, 0.15) is 0 Å². The third kappa shape index (κ3) is 4.10. The molecule has 0 amide bonds. The lowest BCUT2D eigenvalue weighted by Crippen LogP contribution is -1.98. The maximum Gasteiger partial charge on any atom is 0.330 e. The molecule has 0 fully saturated rings.